The van der Waals surface area contributed by atoms with Crippen LogP contribution < -0.4 is 10.1 Å². The number of methoxy groups -OCH3 is 1. The van der Waals surface area contributed by atoms with E-state index in [1.807, 2.05) is 12.1 Å². The Balaban J connectivity index is 2.30. The lowest BCUT2D eigenvalue weighted by molar-refractivity contribution is -0.138. The third kappa shape index (κ3) is 3.22. The second kappa shape index (κ2) is 6.30. The van der Waals surface area contributed by atoms with Crippen molar-refractivity contribution in [3.8, 4) is 5.75 Å². The van der Waals surface area contributed by atoms with Crippen LogP contribution >= 0.6 is 11.6 Å². The Bertz CT molecular complexity index is 598. The number of hydrogen-bond donors (Lipinski definition) is 2. The largest absolute Gasteiger partial charge is 0.495 e. The molecule has 2 aromatic rings. The van der Waals surface area contributed by atoms with E-state index in [1.165, 1.54) is 0 Å². The van der Waals surface area contributed by atoms with Crippen LogP contribution in [-0.2, 0) is 4.79 Å². The SMILES string of the molecule is COc1ccccc1NC(C(=O)O)c1ccc(Cl)cc1. The summed E-state index contributed by atoms with van der Waals surface area (Å²) in [5, 5.41) is 12.9. The lowest BCUT2D eigenvalue weighted by Crippen LogP contribution is -2.20. The van der Waals surface area contributed by atoms with Gasteiger partial charge in [0.1, 0.15) is 5.75 Å². The molecular weight excluding hydrogens is 278 g/mol. The van der Waals surface area contributed by atoms with E-state index in [2.05, 4.69) is 5.32 Å². The fourth-order valence-electron chi connectivity index (χ4n) is 1.86. The maximum atomic E-state index is 11.5. The second-order valence-corrected chi connectivity index (χ2v) is 4.60. The lowest BCUT2D eigenvalue weighted by Gasteiger charge is -2.18. The summed E-state index contributed by atoms with van der Waals surface area (Å²) in [6, 6.07) is 13.0. The predicted octanol–water partition coefficient (Wildman–Crippen LogP) is 3.59. The third-order valence-corrected chi connectivity index (χ3v) is 3.11. The second-order valence-electron chi connectivity index (χ2n) is 4.17. The number of para-hydroxylation sites is 2. The molecule has 0 aliphatic heterocycles. The van der Waals surface area contributed by atoms with Crippen LogP contribution in [-0.4, -0.2) is 18.2 Å². The van der Waals surface area contributed by atoms with Gasteiger partial charge in [-0.2, -0.15) is 0 Å². The standard InChI is InChI=1S/C15H14ClNO3/c1-20-13-5-3-2-4-12(13)17-14(15(18)19)10-6-8-11(16)9-7-10/h2-9,14,17H,1H3,(H,18,19). The molecule has 1 unspecified atom stereocenters. The van der Waals surface area contributed by atoms with Gasteiger partial charge < -0.3 is 15.2 Å². The van der Waals surface area contributed by atoms with E-state index >= 15 is 0 Å². The van der Waals surface area contributed by atoms with Crippen LogP contribution in [0, 0.1) is 0 Å². The molecule has 0 spiro atoms. The number of nitrogens with one attached hydrogen (secondary N) is 1. The number of carboxylic acids is 1. The van der Waals surface area contributed by atoms with Crippen LogP contribution in [0.2, 0.25) is 5.02 Å². The van der Waals surface area contributed by atoms with Gasteiger partial charge in [-0.1, -0.05) is 35.9 Å². The molecule has 20 heavy (non-hydrogen) atoms. The Hall–Kier alpha value is -2.20. The Morgan fingerprint density at radius 3 is 2.45 bits per heavy atom. The van der Waals surface area contributed by atoms with Crippen molar-refractivity contribution in [2.24, 2.45) is 0 Å². The fourth-order valence-corrected chi connectivity index (χ4v) is 1.99. The number of hydrogen-bond acceptors (Lipinski definition) is 3. The highest BCUT2D eigenvalue weighted by Crippen LogP contribution is 2.28. The monoisotopic (exact) mass is 291 g/mol. The number of benzene rings is 2. The zero-order valence-electron chi connectivity index (χ0n) is 10.8. The highest BCUT2D eigenvalue weighted by atomic mass is 35.5. The van der Waals surface area contributed by atoms with Crippen molar-refractivity contribution in [3.05, 3.63) is 59.1 Å². The molecule has 0 bridgehead atoms. The number of aliphatic carboxylic acids is 1. The lowest BCUT2D eigenvalue weighted by atomic mass is 10.1. The van der Waals surface area contributed by atoms with E-state index in [4.69, 9.17) is 16.3 Å². The molecule has 4 nitrogen and oxygen atoms in total. The number of rotatable bonds is 5. The van der Waals surface area contributed by atoms with Crippen molar-refractivity contribution < 1.29 is 14.6 Å². The molecule has 0 heterocycles. The molecule has 104 valence electrons. The van der Waals surface area contributed by atoms with Crippen molar-refractivity contribution in [1.82, 2.24) is 0 Å². The van der Waals surface area contributed by atoms with Crippen LogP contribution in [0.1, 0.15) is 11.6 Å². The van der Waals surface area contributed by atoms with Crippen LogP contribution in [0.15, 0.2) is 48.5 Å². The zero-order chi connectivity index (χ0) is 14.5. The first-order chi connectivity index (χ1) is 9.61. The van der Waals surface area contributed by atoms with Gasteiger partial charge in [-0.05, 0) is 29.8 Å². The third-order valence-electron chi connectivity index (χ3n) is 2.86. The number of anilines is 1. The first kappa shape index (κ1) is 14.2. The molecule has 2 N–H and O–H groups in total. The predicted molar refractivity (Wildman–Crippen MR) is 78.4 cm³/mol. The Morgan fingerprint density at radius 1 is 1.20 bits per heavy atom. The molecule has 0 saturated heterocycles. The van der Waals surface area contributed by atoms with E-state index in [0.717, 1.165) is 0 Å². The molecule has 2 aromatic carbocycles. The summed E-state index contributed by atoms with van der Waals surface area (Å²) >= 11 is 5.82. The molecule has 0 amide bonds. The summed E-state index contributed by atoms with van der Waals surface area (Å²) in [4.78, 5) is 11.5. The quantitative estimate of drug-likeness (QED) is 0.884. The first-order valence-corrected chi connectivity index (χ1v) is 6.37. The van der Waals surface area contributed by atoms with Gasteiger partial charge in [0.05, 0.1) is 12.8 Å². The molecule has 1 atom stereocenters. The van der Waals surface area contributed by atoms with Gasteiger partial charge in [0.2, 0.25) is 0 Å². The average Bonchev–Trinajstić information content (AvgIpc) is 2.46. The molecular formula is C15H14ClNO3. The topological polar surface area (TPSA) is 58.6 Å². The molecule has 5 heteroatoms. The van der Waals surface area contributed by atoms with Crippen LogP contribution in [0.3, 0.4) is 0 Å². The van der Waals surface area contributed by atoms with Crippen molar-refractivity contribution in [1.29, 1.82) is 0 Å². The smallest absolute Gasteiger partial charge is 0.330 e. The van der Waals surface area contributed by atoms with E-state index in [1.54, 1.807) is 43.5 Å². The number of carboxylic acid groups (broad SMARTS) is 1. The van der Waals surface area contributed by atoms with E-state index in [0.29, 0.717) is 22.0 Å². The molecule has 0 fully saturated rings. The van der Waals surface area contributed by atoms with Crippen molar-refractivity contribution >= 4 is 23.3 Å². The van der Waals surface area contributed by atoms with Gasteiger partial charge in [0.15, 0.2) is 6.04 Å². The van der Waals surface area contributed by atoms with E-state index < -0.39 is 12.0 Å². The van der Waals surface area contributed by atoms with Gasteiger partial charge in [0.25, 0.3) is 0 Å². The Labute approximate surface area is 122 Å². The van der Waals surface area contributed by atoms with Gasteiger partial charge >= 0.3 is 5.97 Å². The maximum Gasteiger partial charge on any atom is 0.330 e. The summed E-state index contributed by atoms with van der Waals surface area (Å²) in [6.45, 7) is 0. The molecule has 0 aliphatic carbocycles. The normalized spacial score (nSPS) is 11.7. The van der Waals surface area contributed by atoms with Crippen LogP contribution in [0.5, 0.6) is 5.75 Å². The van der Waals surface area contributed by atoms with Crippen molar-refractivity contribution in [2.75, 3.05) is 12.4 Å². The highest BCUT2D eigenvalue weighted by molar-refractivity contribution is 6.30. The number of halogens is 1. The Kier molecular flexibility index (Phi) is 4.48. The van der Waals surface area contributed by atoms with Gasteiger partial charge in [0, 0.05) is 5.02 Å². The van der Waals surface area contributed by atoms with E-state index in [-0.39, 0.29) is 0 Å². The summed E-state index contributed by atoms with van der Waals surface area (Å²) in [5.41, 5.74) is 1.24. The van der Waals surface area contributed by atoms with Crippen molar-refractivity contribution in [3.63, 3.8) is 0 Å². The minimum Gasteiger partial charge on any atom is -0.495 e. The summed E-state index contributed by atoms with van der Waals surface area (Å²) < 4.78 is 5.20. The van der Waals surface area contributed by atoms with Crippen LogP contribution in [0.4, 0.5) is 5.69 Å². The zero-order valence-corrected chi connectivity index (χ0v) is 11.6. The maximum absolute atomic E-state index is 11.5. The van der Waals surface area contributed by atoms with Crippen molar-refractivity contribution in [2.45, 2.75) is 6.04 Å². The average molecular weight is 292 g/mol. The molecule has 0 aromatic heterocycles. The molecule has 0 aliphatic rings. The van der Waals surface area contributed by atoms with Gasteiger partial charge in [-0.25, -0.2) is 4.79 Å². The minimum atomic E-state index is -0.974. The van der Waals surface area contributed by atoms with Gasteiger partial charge in [-0.15, -0.1) is 0 Å². The summed E-state index contributed by atoms with van der Waals surface area (Å²) in [6.07, 6.45) is 0. The number of ether oxygens (including phenoxy) is 1. The van der Waals surface area contributed by atoms with Crippen LogP contribution in [0.25, 0.3) is 0 Å². The Morgan fingerprint density at radius 2 is 1.85 bits per heavy atom. The number of carbonyl (C=O) groups is 1. The molecule has 0 radical (unpaired) electrons. The van der Waals surface area contributed by atoms with Gasteiger partial charge in [-0.3, -0.25) is 0 Å². The first-order valence-electron chi connectivity index (χ1n) is 5.99. The molecule has 2 rings (SSSR count). The van der Waals surface area contributed by atoms with E-state index in [9.17, 15) is 9.90 Å². The molecule has 0 saturated carbocycles. The fraction of sp³-hybridized carbons (Fsp3) is 0.133. The minimum absolute atomic E-state index is 0.565. The summed E-state index contributed by atoms with van der Waals surface area (Å²) in [7, 11) is 1.54. The highest BCUT2D eigenvalue weighted by Gasteiger charge is 2.20. The summed E-state index contributed by atoms with van der Waals surface area (Å²) in [5.74, 6) is -0.383.